The summed E-state index contributed by atoms with van der Waals surface area (Å²) in [5.41, 5.74) is 2.60. The van der Waals surface area contributed by atoms with Gasteiger partial charge in [0.05, 0.1) is 13.2 Å². The van der Waals surface area contributed by atoms with Gasteiger partial charge in [-0.05, 0) is 39.8 Å². The summed E-state index contributed by atoms with van der Waals surface area (Å²) in [6.07, 6.45) is 1.83. The third-order valence-electron chi connectivity index (χ3n) is 6.23. The zero-order valence-corrected chi connectivity index (χ0v) is 20.9. The number of imidazole rings is 1. The van der Waals surface area contributed by atoms with E-state index in [1.807, 2.05) is 29.1 Å². The summed E-state index contributed by atoms with van der Waals surface area (Å²) in [5, 5.41) is 6.97. The van der Waals surface area contributed by atoms with E-state index in [2.05, 4.69) is 65.2 Å². The van der Waals surface area contributed by atoms with E-state index in [0.29, 0.717) is 18.0 Å². The van der Waals surface area contributed by atoms with Gasteiger partial charge in [0.15, 0.2) is 17.0 Å². The van der Waals surface area contributed by atoms with E-state index in [4.69, 9.17) is 14.7 Å². The van der Waals surface area contributed by atoms with Crippen LogP contribution >= 0.6 is 0 Å². The first kappa shape index (κ1) is 24.4. The van der Waals surface area contributed by atoms with Crippen LogP contribution in [0.1, 0.15) is 27.7 Å². The standard InChI is InChI=1S/C25H38N8O/c1-19(2)32(20(3)4)13-11-26-23-22-24(33(18-28-22)21-8-6-5-7-9-21)30-25(29-23)27-10-12-31-14-16-34-17-15-31/h5-9,18-20H,10-17H2,1-4H3,(H2,26,27,29,30). The predicted molar refractivity (Wildman–Crippen MR) is 138 cm³/mol. The number of anilines is 2. The van der Waals surface area contributed by atoms with Crippen LogP contribution in [0.25, 0.3) is 16.9 Å². The molecule has 1 aliphatic rings. The van der Waals surface area contributed by atoms with Gasteiger partial charge in [-0.1, -0.05) is 18.2 Å². The molecule has 1 aromatic carbocycles. The maximum absolute atomic E-state index is 5.45. The Morgan fingerprint density at radius 3 is 2.41 bits per heavy atom. The molecule has 0 aliphatic carbocycles. The van der Waals surface area contributed by atoms with Crippen molar-refractivity contribution in [2.75, 3.05) is 63.1 Å². The molecular weight excluding hydrogens is 428 g/mol. The fourth-order valence-electron chi connectivity index (χ4n) is 4.45. The van der Waals surface area contributed by atoms with Gasteiger partial charge in [-0.15, -0.1) is 0 Å². The smallest absolute Gasteiger partial charge is 0.226 e. The second-order valence-corrected chi connectivity index (χ2v) is 9.25. The van der Waals surface area contributed by atoms with Crippen molar-refractivity contribution in [3.05, 3.63) is 36.7 Å². The van der Waals surface area contributed by atoms with Crippen molar-refractivity contribution in [2.45, 2.75) is 39.8 Å². The number of fused-ring (bicyclic) bond motifs is 1. The van der Waals surface area contributed by atoms with E-state index in [-0.39, 0.29) is 0 Å². The number of aromatic nitrogens is 4. The molecule has 1 aliphatic heterocycles. The number of hydrogen-bond acceptors (Lipinski definition) is 8. The first-order valence-electron chi connectivity index (χ1n) is 12.4. The Balaban J connectivity index is 1.54. The Bertz CT molecular complexity index is 1020. The highest BCUT2D eigenvalue weighted by atomic mass is 16.5. The molecule has 184 valence electrons. The fourth-order valence-corrected chi connectivity index (χ4v) is 4.45. The summed E-state index contributed by atoms with van der Waals surface area (Å²) in [5.74, 6) is 1.38. The molecule has 3 aromatic rings. The SMILES string of the molecule is CC(C)N(CCNc1nc(NCCN2CCOCC2)nc2c1ncn2-c1ccccc1)C(C)C. The first-order valence-corrected chi connectivity index (χ1v) is 12.4. The third-order valence-corrected chi connectivity index (χ3v) is 6.23. The number of ether oxygens (including phenoxy) is 1. The molecule has 0 saturated carbocycles. The van der Waals surface area contributed by atoms with Gasteiger partial charge in [0.1, 0.15) is 6.33 Å². The van der Waals surface area contributed by atoms with E-state index >= 15 is 0 Å². The molecule has 0 radical (unpaired) electrons. The van der Waals surface area contributed by atoms with Gasteiger partial charge in [-0.3, -0.25) is 14.4 Å². The van der Waals surface area contributed by atoms with Gasteiger partial charge in [0, 0.05) is 57.0 Å². The Hall–Kier alpha value is -2.75. The van der Waals surface area contributed by atoms with Crippen LogP contribution in [0, 0.1) is 0 Å². The van der Waals surface area contributed by atoms with Gasteiger partial charge in [0.2, 0.25) is 5.95 Å². The lowest BCUT2D eigenvalue weighted by molar-refractivity contribution is 0.0398. The molecule has 0 spiro atoms. The van der Waals surface area contributed by atoms with Gasteiger partial charge >= 0.3 is 0 Å². The second-order valence-electron chi connectivity index (χ2n) is 9.25. The van der Waals surface area contributed by atoms with Crippen molar-refractivity contribution in [3.63, 3.8) is 0 Å². The molecule has 1 saturated heterocycles. The number of hydrogen-bond donors (Lipinski definition) is 2. The Labute approximate surface area is 202 Å². The summed E-state index contributed by atoms with van der Waals surface area (Å²) in [6, 6.07) is 11.2. The van der Waals surface area contributed by atoms with Crippen LogP contribution in [0.15, 0.2) is 36.7 Å². The Kier molecular flexibility index (Phi) is 8.31. The molecule has 2 N–H and O–H groups in total. The highest BCUT2D eigenvalue weighted by Crippen LogP contribution is 2.23. The lowest BCUT2D eigenvalue weighted by Crippen LogP contribution is -2.40. The lowest BCUT2D eigenvalue weighted by Gasteiger charge is -2.30. The van der Waals surface area contributed by atoms with Crippen LogP contribution in [0.2, 0.25) is 0 Å². The molecule has 1 fully saturated rings. The lowest BCUT2D eigenvalue weighted by atomic mass is 10.2. The Morgan fingerprint density at radius 1 is 0.971 bits per heavy atom. The van der Waals surface area contributed by atoms with Gasteiger partial charge in [-0.25, -0.2) is 4.98 Å². The van der Waals surface area contributed by atoms with Gasteiger partial charge in [0.25, 0.3) is 0 Å². The molecule has 3 heterocycles. The number of benzene rings is 1. The van der Waals surface area contributed by atoms with E-state index in [9.17, 15) is 0 Å². The zero-order chi connectivity index (χ0) is 23.9. The highest BCUT2D eigenvalue weighted by Gasteiger charge is 2.17. The van der Waals surface area contributed by atoms with Crippen LogP contribution in [0.3, 0.4) is 0 Å². The van der Waals surface area contributed by atoms with Gasteiger partial charge in [-0.2, -0.15) is 9.97 Å². The number of rotatable bonds is 11. The minimum atomic E-state index is 0.488. The first-order chi connectivity index (χ1) is 16.5. The summed E-state index contributed by atoms with van der Waals surface area (Å²) in [4.78, 5) is 19.2. The van der Waals surface area contributed by atoms with Crippen LogP contribution in [0.4, 0.5) is 11.8 Å². The second kappa shape index (κ2) is 11.6. The van der Waals surface area contributed by atoms with Crippen LogP contribution < -0.4 is 10.6 Å². The quantitative estimate of drug-likeness (QED) is 0.446. The van der Waals surface area contributed by atoms with Crippen molar-refractivity contribution < 1.29 is 4.74 Å². The summed E-state index contributed by atoms with van der Waals surface area (Å²) < 4.78 is 7.47. The van der Waals surface area contributed by atoms with Crippen molar-refractivity contribution >= 4 is 22.9 Å². The van der Waals surface area contributed by atoms with Crippen molar-refractivity contribution in [1.82, 2.24) is 29.3 Å². The van der Waals surface area contributed by atoms with Crippen molar-refractivity contribution in [3.8, 4) is 5.69 Å². The molecular formula is C25H38N8O. The van der Waals surface area contributed by atoms with Crippen molar-refractivity contribution in [1.29, 1.82) is 0 Å². The summed E-state index contributed by atoms with van der Waals surface area (Å²) in [7, 11) is 0. The Morgan fingerprint density at radius 2 is 1.71 bits per heavy atom. The minimum absolute atomic E-state index is 0.488. The van der Waals surface area contributed by atoms with Gasteiger partial charge < -0.3 is 15.4 Å². The maximum Gasteiger partial charge on any atom is 0.226 e. The predicted octanol–water partition coefficient (Wildman–Crippen LogP) is 3.09. The molecule has 0 bridgehead atoms. The van der Waals surface area contributed by atoms with Crippen molar-refractivity contribution in [2.24, 2.45) is 0 Å². The molecule has 0 atom stereocenters. The van der Waals surface area contributed by atoms with E-state index in [1.54, 1.807) is 0 Å². The van der Waals surface area contributed by atoms with Crippen LogP contribution in [-0.4, -0.2) is 93.9 Å². The molecule has 34 heavy (non-hydrogen) atoms. The molecule has 0 unspecified atom stereocenters. The number of nitrogens with one attached hydrogen (secondary N) is 2. The zero-order valence-electron chi connectivity index (χ0n) is 20.9. The molecule has 2 aromatic heterocycles. The largest absolute Gasteiger partial charge is 0.379 e. The molecule has 9 heteroatoms. The van der Waals surface area contributed by atoms with E-state index in [1.165, 1.54) is 0 Å². The summed E-state index contributed by atoms with van der Waals surface area (Å²) in [6.45, 7) is 15.9. The minimum Gasteiger partial charge on any atom is -0.379 e. The molecule has 0 amide bonds. The topological polar surface area (TPSA) is 83.4 Å². The highest BCUT2D eigenvalue weighted by molar-refractivity contribution is 5.85. The normalized spacial score (nSPS) is 15.0. The van der Waals surface area contributed by atoms with E-state index in [0.717, 1.165) is 75.2 Å². The van der Waals surface area contributed by atoms with Crippen LogP contribution in [0.5, 0.6) is 0 Å². The fraction of sp³-hybridized carbons (Fsp3) is 0.560. The third kappa shape index (κ3) is 6.02. The maximum atomic E-state index is 5.45. The average molecular weight is 467 g/mol. The van der Waals surface area contributed by atoms with Crippen LogP contribution in [-0.2, 0) is 4.74 Å². The number of nitrogens with zero attached hydrogens (tertiary/aromatic N) is 6. The molecule has 4 rings (SSSR count). The monoisotopic (exact) mass is 466 g/mol. The number of morpholine rings is 1. The number of para-hydroxylation sites is 1. The average Bonchev–Trinajstić information content (AvgIpc) is 3.27. The van der Waals surface area contributed by atoms with E-state index < -0.39 is 0 Å². The summed E-state index contributed by atoms with van der Waals surface area (Å²) >= 11 is 0. The molecule has 9 nitrogen and oxygen atoms in total.